The molecule has 1 N–H and O–H groups in total. The number of ether oxygens (including phenoxy) is 2. The van der Waals surface area contributed by atoms with E-state index < -0.39 is 30.2 Å². The summed E-state index contributed by atoms with van der Waals surface area (Å²) in [7, 11) is 1.26. The van der Waals surface area contributed by atoms with Crippen LogP contribution in [-0.4, -0.2) is 36.1 Å². The Bertz CT molecular complexity index is 1140. The number of fused-ring (bicyclic) bond motifs is 1. The Morgan fingerprint density at radius 1 is 1.14 bits per heavy atom. The van der Waals surface area contributed by atoms with E-state index >= 15 is 0 Å². The van der Waals surface area contributed by atoms with Crippen LogP contribution in [0.15, 0.2) is 51.7 Å². The second-order valence-electron chi connectivity index (χ2n) is 6.15. The van der Waals surface area contributed by atoms with E-state index in [-0.39, 0.29) is 12.1 Å². The quantitative estimate of drug-likeness (QED) is 0.630. The number of esters is 2. The molecule has 0 aliphatic rings. The third-order valence-corrected chi connectivity index (χ3v) is 4.16. The number of hydrogen-bond donors (Lipinski definition) is 1. The highest BCUT2D eigenvalue weighted by Crippen LogP contribution is 2.17. The summed E-state index contributed by atoms with van der Waals surface area (Å²) in [4.78, 5) is 47.6. The molecule has 0 aliphatic heterocycles. The number of nitrogens with one attached hydrogen (secondary N) is 1. The van der Waals surface area contributed by atoms with Gasteiger partial charge in [-0.3, -0.25) is 14.2 Å². The van der Waals surface area contributed by atoms with Crippen molar-refractivity contribution in [3.8, 4) is 0 Å². The minimum Gasteiger partial charge on any atom is -0.465 e. The van der Waals surface area contributed by atoms with E-state index in [9.17, 15) is 19.2 Å². The predicted octanol–water partition coefficient (Wildman–Crippen LogP) is 1.87. The molecule has 1 heterocycles. The van der Waals surface area contributed by atoms with Crippen molar-refractivity contribution in [1.82, 2.24) is 4.57 Å². The number of nitrogens with zero attached hydrogens (tertiary/aromatic N) is 1. The molecule has 29 heavy (non-hydrogen) atoms. The molecule has 0 radical (unpaired) electrons. The van der Waals surface area contributed by atoms with Crippen LogP contribution in [0, 0.1) is 6.92 Å². The third kappa shape index (κ3) is 4.52. The summed E-state index contributed by atoms with van der Waals surface area (Å²) in [6.07, 6.45) is 0. The minimum atomic E-state index is -0.770. The molecule has 0 saturated carbocycles. The summed E-state index contributed by atoms with van der Waals surface area (Å²) < 4.78 is 15.8. The monoisotopic (exact) mass is 398 g/mol. The van der Waals surface area contributed by atoms with Crippen molar-refractivity contribution in [2.75, 3.05) is 19.0 Å². The maximum absolute atomic E-state index is 12.1. The highest BCUT2D eigenvalue weighted by molar-refractivity contribution is 5.96. The molecule has 3 aromatic rings. The Morgan fingerprint density at radius 3 is 2.66 bits per heavy atom. The van der Waals surface area contributed by atoms with Crippen molar-refractivity contribution in [2.24, 2.45) is 0 Å². The van der Waals surface area contributed by atoms with Crippen LogP contribution in [-0.2, 0) is 25.6 Å². The fraction of sp³-hybridized carbons (Fsp3) is 0.200. The lowest BCUT2D eigenvalue weighted by molar-refractivity contribution is -0.147. The first-order valence-corrected chi connectivity index (χ1v) is 8.62. The molecule has 1 amide bonds. The summed E-state index contributed by atoms with van der Waals surface area (Å²) in [5.41, 5.74) is 2.19. The first kappa shape index (κ1) is 19.9. The average Bonchev–Trinajstić information content (AvgIpc) is 3.02. The summed E-state index contributed by atoms with van der Waals surface area (Å²) >= 11 is 0. The number of methoxy groups -OCH3 is 1. The molecule has 9 nitrogen and oxygen atoms in total. The highest BCUT2D eigenvalue weighted by Gasteiger charge is 2.15. The molecule has 9 heteroatoms. The molecule has 0 saturated heterocycles. The molecular formula is C20H18N2O7. The smallest absolute Gasteiger partial charge is 0.420 e. The number of para-hydroxylation sites is 2. The first-order valence-electron chi connectivity index (χ1n) is 8.62. The SMILES string of the molecule is COC(=O)c1ccc(C)c(NC(=O)COC(=O)Cn2c(=O)oc3ccccc32)c1. The largest absolute Gasteiger partial charge is 0.465 e. The molecule has 0 atom stereocenters. The van der Waals surface area contributed by atoms with Crippen LogP contribution in [0.25, 0.3) is 11.1 Å². The van der Waals surface area contributed by atoms with Gasteiger partial charge in [0.2, 0.25) is 0 Å². The van der Waals surface area contributed by atoms with Gasteiger partial charge < -0.3 is 19.2 Å². The molecule has 0 spiro atoms. The van der Waals surface area contributed by atoms with Crippen LogP contribution < -0.4 is 11.1 Å². The number of aromatic nitrogens is 1. The van der Waals surface area contributed by atoms with Gasteiger partial charge in [-0.2, -0.15) is 0 Å². The predicted molar refractivity (Wildman–Crippen MR) is 103 cm³/mol. The lowest BCUT2D eigenvalue weighted by Crippen LogP contribution is -2.26. The molecule has 2 aromatic carbocycles. The number of amides is 1. The topological polar surface area (TPSA) is 117 Å². The molecule has 150 valence electrons. The number of rotatable bonds is 6. The number of anilines is 1. The van der Waals surface area contributed by atoms with Gasteiger partial charge in [-0.05, 0) is 36.8 Å². The van der Waals surface area contributed by atoms with Crippen LogP contribution in [0.5, 0.6) is 0 Å². The van der Waals surface area contributed by atoms with E-state index in [0.29, 0.717) is 22.4 Å². The van der Waals surface area contributed by atoms with Gasteiger partial charge in [0.25, 0.3) is 5.91 Å². The van der Waals surface area contributed by atoms with Gasteiger partial charge >= 0.3 is 17.7 Å². The van der Waals surface area contributed by atoms with Crippen molar-refractivity contribution < 1.29 is 28.3 Å². The first-order chi connectivity index (χ1) is 13.9. The summed E-state index contributed by atoms with van der Waals surface area (Å²) in [5.74, 6) is -2.59. The fourth-order valence-corrected chi connectivity index (χ4v) is 2.67. The van der Waals surface area contributed by atoms with Crippen molar-refractivity contribution in [2.45, 2.75) is 13.5 Å². The van der Waals surface area contributed by atoms with Crippen LogP contribution >= 0.6 is 0 Å². The summed E-state index contributed by atoms with van der Waals surface area (Å²) in [5, 5.41) is 2.57. The van der Waals surface area contributed by atoms with Crippen LogP contribution in [0.4, 0.5) is 5.69 Å². The van der Waals surface area contributed by atoms with Crippen molar-refractivity contribution in [3.63, 3.8) is 0 Å². The van der Waals surface area contributed by atoms with E-state index in [1.807, 2.05) is 0 Å². The molecule has 3 rings (SSSR count). The summed E-state index contributed by atoms with van der Waals surface area (Å²) in [6, 6.07) is 11.4. The normalized spacial score (nSPS) is 10.6. The zero-order valence-electron chi connectivity index (χ0n) is 15.8. The zero-order chi connectivity index (χ0) is 21.0. The Morgan fingerprint density at radius 2 is 1.90 bits per heavy atom. The Kier molecular flexibility index (Phi) is 5.77. The van der Waals surface area contributed by atoms with Gasteiger partial charge in [0.1, 0.15) is 6.54 Å². The summed E-state index contributed by atoms with van der Waals surface area (Å²) in [6.45, 7) is 0.810. The van der Waals surface area contributed by atoms with Gasteiger partial charge in [-0.25, -0.2) is 9.59 Å². The highest BCUT2D eigenvalue weighted by atomic mass is 16.5. The second kappa shape index (κ2) is 8.42. The van der Waals surface area contributed by atoms with Gasteiger partial charge in [-0.15, -0.1) is 0 Å². The van der Waals surface area contributed by atoms with Gasteiger partial charge in [0.15, 0.2) is 12.2 Å². The lowest BCUT2D eigenvalue weighted by Gasteiger charge is -2.10. The number of carbonyl (C=O) groups excluding carboxylic acids is 3. The molecular weight excluding hydrogens is 380 g/mol. The van der Waals surface area contributed by atoms with Crippen molar-refractivity contribution in [1.29, 1.82) is 0 Å². The molecule has 1 aromatic heterocycles. The van der Waals surface area contributed by atoms with Gasteiger partial charge in [0, 0.05) is 5.69 Å². The van der Waals surface area contributed by atoms with E-state index in [4.69, 9.17) is 9.15 Å². The van der Waals surface area contributed by atoms with Gasteiger partial charge in [0.05, 0.1) is 18.2 Å². The minimum absolute atomic E-state index is 0.275. The second-order valence-corrected chi connectivity index (χ2v) is 6.15. The molecule has 0 unspecified atom stereocenters. The zero-order valence-corrected chi connectivity index (χ0v) is 15.8. The number of carbonyl (C=O) groups is 3. The number of hydrogen-bond acceptors (Lipinski definition) is 7. The maximum Gasteiger partial charge on any atom is 0.420 e. The van der Waals surface area contributed by atoms with E-state index in [0.717, 1.165) is 4.57 Å². The molecule has 0 fully saturated rings. The van der Waals surface area contributed by atoms with Crippen molar-refractivity contribution in [3.05, 3.63) is 64.1 Å². The Hall–Kier alpha value is -3.88. The lowest BCUT2D eigenvalue weighted by atomic mass is 10.1. The Balaban J connectivity index is 1.61. The van der Waals surface area contributed by atoms with Crippen LogP contribution in [0.3, 0.4) is 0 Å². The maximum atomic E-state index is 12.1. The average molecular weight is 398 g/mol. The van der Waals surface area contributed by atoms with Crippen LogP contribution in [0.1, 0.15) is 15.9 Å². The van der Waals surface area contributed by atoms with Gasteiger partial charge in [-0.1, -0.05) is 18.2 Å². The van der Waals surface area contributed by atoms with Crippen molar-refractivity contribution >= 4 is 34.6 Å². The Labute approximate surface area is 164 Å². The van der Waals surface area contributed by atoms with E-state index in [1.165, 1.54) is 13.2 Å². The molecule has 0 aliphatic carbocycles. The van der Waals surface area contributed by atoms with Crippen LogP contribution in [0.2, 0.25) is 0 Å². The standard InChI is InChI=1S/C20H18N2O7/c1-12-7-8-13(19(25)27-2)9-14(12)21-17(23)11-28-18(24)10-22-15-5-3-4-6-16(15)29-20(22)26/h3-9H,10-11H2,1-2H3,(H,21,23). The third-order valence-electron chi connectivity index (χ3n) is 4.16. The van der Waals surface area contributed by atoms with E-state index in [1.54, 1.807) is 43.3 Å². The fourth-order valence-electron chi connectivity index (χ4n) is 2.67. The number of oxazole rings is 1. The number of benzene rings is 2. The number of aryl methyl sites for hydroxylation is 1. The molecule has 0 bridgehead atoms. The van der Waals surface area contributed by atoms with E-state index in [2.05, 4.69) is 10.1 Å².